The summed E-state index contributed by atoms with van der Waals surface area (Å²) in [7, 11) is 0. The van der Waals surface area contributed by atoms with Gasteiger partial charge < -0.3 is 10.1 Å². The van der Waals surface area contributed by atoms with E-state index in [4.69, 9.17) is 4.74 Å². The van der Waals surface area contributed by atoms with Gasteiger partial charge in [-0.1, -0.05) is 0 Å². The lowest BCUT2D eigenvalue weighted by Crippen LogP contribution is -2.38. The van der Waals surface area contributed by atoms with Crippen molar-refractivity contribution >= 4 is 11.6 Å². The molecule has 1 aromatic carbocycles. The summed E-state index contributed by atoms with van der Waals surface area (Å²) >= 11 is 0. The van der Waals surface area contributed by atoms with E-state index in [1.165, 1.54) is 18.3 Å². The first-order valence-corrected chi connectivity index (χ1v) is 8.19. The fourth-order valence-corrected chi connectivity index (χ4v) is 3.00. The molecule has 3 heterocycles. The van der Waals surface area contributed by atoms with E-state index in [9.17, 15) is 9.18 Å². The highest BCUT2D eigenvalue weighted by atomic mass is 19.1. The molecule has 1 aliphatic rings. The Morgan fingerprint density at radius 3 is 2.72 bits per heavy atom. The third-order valence-corrected chi connectivity index (χ3v) is 4.34. The van der Waals surface area contributed by atoms with Gasteiger partial charge in [0.05, 0.1) is 11.9 Å². The SMILES string of the molecule is O=C(NC1CCOCC1)c1cnn2c(-c3ccc(F)cc3)ccnc12. The molecule has 1 N–H and O–H groups in total. The maximum absolute atomic E-state index is 13.2. The van der Waals surface area contributed by atoms with Crippen molar-refractivity contribution in [3.05, 3.63) is 54.1 Å². The summed E-state index contributed by atoms with van der Waals surface area (Å²) in [6.07, 6.45) is 4.75. The molecule has 4 rings (SSSR count). The lowest BCUT2D eigenvalue weighted by Gasteiger charge is -2.22. The van der Waals surface area contributed by atoms with Gasteiger partial charge in [-0.25, -0.2) is 13.9 Å². The van der Waals surface area contributed by atoms with E-state index in [-0.39, 0.29) is 17.8 Å². The molecular weight excluding hydrogens is 323 g/mol. The fourth-order valence-electron chi connectivity index (χ4n) is 3.00. The van der Waals surface area contributed by atoms with Crippen LogP contribution >= 0.6 is 0 Å². The standard InChI is InChI=1S/C18H17FN4O2/c19-13-3-1-12(2-4-13)16-5-8-20-17-15(11-21-23(16)17)18(24)22-14-6-9-25-10-7-14/h1-5,8,11,14H,6-7,9-10H2,(H,22,24). The fraction of sp³-hybridized carbons (Fsp3) is 0.278. The van der Waals surface area contributed by atoms with Crippen LogP contribution in [0.4, 0.5) is 4.39 Å². The smallest absolute Gasteiger partial charge is 0.256 e. The minimum absolute atomic E-state index is 0.108. The van der Waals surface area contributed by atoms with Crippen LogP contribution in [0.25, 0.3) is 16.9 Å². The summed E-state index contributed by atoms with van der Waals surface area (Å²) in [4.78, 5) is 16.9. The second-order valence-corrected chi connectivity index (χ2v) is 5.99. The molecule has 0 radical (unpaired) electrons. The van der Waals surface area contributed by atoms with Crippen molar-refractivity contribution in [2.75, 3.05) is 13.2 Å². The van der Waals surface area contributed by atoms with Gasteiger partial charge in [-0.05, 0) is 43.2 Å². The van der Waals surface area contributed by atoms with Crippen molar-refractivity contribution in [2.24, 2.45) is 0 Å². The maximum Gasteiger partial charge on any atom is 0.256 e. The van der Waals surface area contributed by atoms with Crippen LogP contribution in [0.5, 0.6) is 0 Å². The van der Waals surface area contributed by atoms with Gasteiger partial charge in [0, 0.05) is 31.0 Å². The van der Waals surface area contributed by atoms with Gasteiger partial charge in [-0.2, -0.15) is 5.10 Å². The van der Waals surface area contributed by atoms with Crippen LogP contribution < -0.4 is 5.32 Å². The Bertz CT molecular complexity index is 901. The van der Waals surface area contributed by atoms with Gasteiger partial charge in [-0.3, -0.25) is 4.79 Å². The van der Waals surface area contributed by atoms with Crippen molar-refractivity contribution in [3.63, 3.8) is 0 Å². The molecule has 1 saturated heterocycles. The highest BCUT2D eigenvalue weighted by Crippen LogP contribution is 2.21. The average Bonchev–Trinajstić information content (AvgIpc) is 3.07. The Balaban J connectivity index is 1.66. The predicted octanol–water partition coefficient (Wildman–Crippen LogP) is 2.44. The van der Waals surface area contributed by atoms with Crippen LogP contribution in [-0.2, 0) is 4.74 Å². The highest BCUT2D eigenvalue weighted by Gasteiger charge is 2.21. The van der Waals surface area contributed by atoms with E-state index in [0.29, 0.717) is 24.4 Å². The Morgan fingerprint density at radius 2 is 1.96 bits per heavy atom. The number of carbonyl (C=O) groups excluding carboxylic acids is 1. The van der Waals surface area contributed by atoms with Gasteiger partial charge >= 0.3 is 0 Å². The number of fused-ring (bicyclic) bond motifs is 1. The van der Waals surface area contributed by atoms with E-state index in [2.05, 4.69) is 15.4 Å². The number of nitrogens with zero attached hydrogens (tertiary/aromatic N) is 3. The highest BCUT2D eigenvalue weighted by molar-refractivity contribution is 6.00. The van der Waals surface area contributed by atoms with Crippen molar-refractivity contribution in [3.8, 4) is 11.3 Å². The molecule has 0 aliphatic carbocycles. The van der Waals surface area contributed by atoms with Crippen LogP contribution in [0.1, 0.15) is 23.2 Å². The Morgan fingerprint density at radius 1 is 1.20 bits per heavy atom. The molecule has 0 saturated carbocycles. The van der Waals surface area contributed by atoms with Crippen molar-refractivity contribution in [2.45, 2.75) is 18.9 Å². The average molecular weight is 340 g/mol. The van der Waals surface area contributed by atoms with Crippen molar-refractivity contribution in [1.29, 1.82) is 0 Å². The number of benzene rings is 1. The molecule has 7 heteroatoms. The molecule has 25 heavy (non-hydrogen) atoms. The summed E-state index contributed by atoms with van der Waals surface area (Å²) in [6.45, 7) is 1.32. The number of halogens is 1. The number of hydrogen-bond acceptors (Lipinski definition) is 4. The minimum Gasteiger partial charge on any atom is -0.381 e. The van der Waals surface area contributed by atoms with Crippen molar-refractivity contribution in [1.82, 2.24) is 19.9 Å². The van der Waals surface area contributed by atoms with E-state index in [1.807, 2.05) is 0 Å². The molecule has 0 unspecified atom stereocenters. The molecule has 0 bridgehead atoms. The molecular formula is C18H17FN4O2. The van der Waals surface area contributed by atoms with Gasteiger partial charge in [0.25, 0.3) is 5.91 Å². The van der Waals surface area contributed by atoms with Crippen molar-refractivity contribution < 1.29 is 13.9 Å². The molecule has 3 aromatic rings. The first-order valence-electron chi connectivity index (χ1n) is 8.19. The van der Waals surface area contributed by atoms with E-state index >= 15 is 0 Å². The molecule has 1 fully saturated rings. The molecule has 128 valence electrons. The number of hydrogen-bond donors (Lipinski definition) is 1. The van der Waals surface area contributed by atoms with Gasteiger partial charge in [0.1, 0.15) is 11.4 Å². The Hall–Kier alpha value is -2.80. The summed E-state index contributed by atoms with van der Waals surface area (Å²) in [5.74, 6) is -0.489. The maximum atomic E-state index is 13.2. The number of amides is 1. The van der Waals surface area contributed by atoms with Crippen LogP contribution in [0.15, 0.2) is 42.7 Å². The van der Waals surface area contributed by atoms with Crippen LogP contribution in [0.3, 0.4) is 0 Å². The summed E-state index contributed by atoms with van der Waals surface area (Å²) in [6, 6.07) is 8.03. The molecule has 1 aliphatic heterocycles. The summed E-state index contributed by atoms with van der Waals surface area (Å²) in [5.41, 5.74) is 2.45. The monoisotopic (exact) mass is 340 g/mol. The second-order valence-electron chi connectivity index (χ2n) is 5.99. The van der Waals surface area contributed by atoms with Crippen LogP contribution in [0.2, 0.25) is 0 Å². The zero-order valence-electron chi connectivity index (χ0n) is 13.5. The number of ether oxygens (including phenoxy) is 1. The number of aromatic nitrogens is 3. The predicted molar refractivity (Wildman–Crippen MR) is 89.7 cm³/mol. The number of rotatable bonds is 3. The van der Waals surface area contributed by atoms with Crippen LogP contribution in [0, 0.1) is 5.82 Å². The third kappa shape index (κ3) is 3.10. The number of nitrogens with one attached hydrogen (secondary N) is 1. The molecule has 2 aromatic heterocycles. The Kier molecular flexibility index (Phi) is 4.15. The zero-order chi connectivity index (χ0) is 17.2. The van der Waals surface area contributed by atoms with E-state index < -0.39 is 0 Å². The molecule has 1 amide bonds. The third-order valence-electron chi connectivity index (χ3n) is 4.34. The largest absolute Gasteiger partial charge is 0.381 e. The number of carbonyl (C=O) groups is 1. The minimum atomic E-state index is -0.300. The Labute approximate surface area is 143 Å². The molecule has 0 atom stereocenters. The lowest BCUT2D eigenvalue weighted by molar-refractivity contribution is 0.0697. The first kappa shape index (κ1) is 15.7. The first-order chi connectivity index (χ1) is 12.2. The van der Waals surface area contributed by atoms with Gasteiger partial charge in [0.15, 0.2) is 5.65 Å². The topological polar surface area (TPSA) is 68.5 Å². The zero-order valence-corrected chi connectivity index (χ0v) is 13.5. The lowest BCUT2D eigenvalue weighted by atomic mass is 10.1. The van der Waals surface area contributed by atoms with Gasteiger partial charge in [-0.15, -0.1) is 0 Å². The van der Waals surface area contributed by atoms with E-state index in [1.54, 1.807) is 28.9 Å². The van der Waals surface area contributed by atoms with Crippen LogP contribution in [-0.4, -0.2) is 39.8 Å². The molecule has 0 spiro atoms. The normalized spacial score (nSPS) is 15.4. The van der Waals surface area contributed by atoms with Gasteiger partial charge in [0.2, 0.25) is 0 Å². The second kappa shape index (κ2) is 6.60. The molecule has 6 nitrogen and oxygen atoms in total. The summed E-state index contributed by atoms with van der Waals surface area (Å²) in [5, 5.41) is 7.32. The summed E-state index contributed by atoms with van der Waals surface area (Å²) < 4.78 is 20.1. The quantitative estimate of drug-likeness (QED) is 0.795. The van der Waals surface area contributed by atoms with E-state index in [0.717, 1.165) is 24.1 Å².